The molecule has 1 aromatic carbocycles. The molecular formula is C21H21N8O2S. The van der Waals surface area contributed by atoms with Crippen molar-refractivity contribution in [2.75, 3.05) is 11.3 Å². The molecule has 4 aromatic rings. The Kier molecular flexibility index (Phi) is 5.93. The van der Waals surface area contributed by atoms with E-state index < -0.39 is 10.0 Å². The third-order valence-corrected chi connectivity index (χ3v) is 4.96. The van der Waals surface area contributed by atoms with Crippen molar-refractivity contribution in [2.24, 2.45) is 4.99 Å². The number of aliphatic imine (C=N–C) groups is 1. The van der Waals surface area contributed by atoms with Crippen molar-refractivity contribution in [3.05, 3.63) is 68.1 Å². The molecule has 0 aliphatic carbocycles. The molecule has 0 saturated heterocycles. The summed E-state index contributed by atoms with van der Waals surface area (Å²) in [4.78, 5) is 19.8. The minimum absolute atomic E-state index is 0.128. The van der Waals surface area contributed by atoms with Crippen LogP contribution < -0.4 is 9.84 Å². The zero-order valence-electron chi connectivity index (χ0n) is 17.5. The van der Waals surface area contributed by atoms with Gasteiger partial charge in [0, 0.05) is 18.1 Å². The van der Waals surface area contributed by atoms with Gasteiger partial charge in [-0.05, 0) is 49.7 Å². The van der Waals surface area contributed by atoms with Gasteiger partial charge < -0.3 is 0 Å². The zero-order valence-corrected chi connectivity index (χ0v) is 18.4. The summed E-state index contributed by atoms with van der Waals surface area (Å²) in [5.74, 6) is 0.128. The summed E-state index contributed by atoms with van der Waals surface area (Å²) >= 11 is 0. The van der Waals surface area contributed by atoms with Crippen molar-refractivity contribution < 1.29 is 8.42 Å². The number of nitrogens with zero attached hydrogens (tertiary/aromatic N) is 7. The summed E-state index contributed by atoms with van der Waals surface area (Å²) < 4.78 is 25.6. The first-order chi connectivity index (χ1) is 15.3. The highest BCUT2D eigenvalue weighted by atomic mass is 32.2. The lowest BCUT2D eigenvalue weighted by molar-refractivity contribution is 0.587. The van der Waals surface area contributed by atoms with Crippen molar-refractivity contribution in [2.45, 2.75) is 13.3 Å². The number of hydrazine groups is 1. The minimum Gasteiger partial charge on any atom is -0.262 e. The van der Waals surface area contributed by atoms with Gasteiger partial charge in [-0.15, -0.1) is 4.83 Å². The van der Waals surface area contributed by atoms with Gasteiger partial charge in [0.25, 0.3) is 0 Å². The number of pyridine rings is 1. The largest absolute Gasteiger partial charge is 0.262 e. The van der Waals surface area contributed by atoms with Crippen LogP contribution in [0.5, 0.6) is 0 Å². The molecule has 0 saturated carbocycles. The number of fused-ring (bicyclic) bond motifs is 1. The number of benzene rings is 1. The Morgan fingerprint density at radius 2 is 1.97 bits per heavy atom. The van der Waals surface area contributed by atoms with Gasteiger partial charge in [0.2, 0.25) is 16.0 Å². The summed E-state index contributed by atoms with van der Waals surface area (Å²) in [6, 6.07) is 10.9. The molecule has 0 fully saturated rings. The van der Waals surface area contributed by atoms with E-state index in [9.17, 15) is 8.42 Å². The molecule has 0 aliphatic heterocycles. The molecule has 163 valence electrons. The Hall–Kier alpha value is -3.70. The number of nitrogens with one attached hydrogen (secondary N) is 1. The molecule has 0 unspecified atom stereocenters. The normalized spacial score (nSPS) is 12.3. The molecule has 32 heavy (non-hydrogen) atoms. The maximum absolute atomic E-state index is 12.0. The molecule has 10 nitrogen and oxygen atoms in total. The molecule has 3 heterocycles. The second kappa shape index (κ2) is 8.81. The van der Waals surface area contributed by atoms with Gasteiger partial charge in [-0.1, -0.05) is 6.92 Å². The van der Waals surface area contributed by atoms with Gasteiger partial charge in [0.05, 0.1) is 41.1 Å². The molecule has 0 atom stereocenters. The quantitative estimate of drug-likeness (QED) is 0.340. The number of sulfonamides is 1. The van der Waals surface area contributed by atoms with Gasteiger partial charge in [0.1, 0.15) is 0 Å². The fraction of sp³-hybridized carbons (Fsp3) is 0.143. The lowest BCUT2D eigenvalue weighted by Crippen LogP contribution is -2.39. The summed E-state index contributed by atoms with van der Waals surface area (Å²) in [5, 5.41) is 6.38. The minimum atomic E-state index is -3.61. The predicted octanol–water partition coefficient (Wildman–Crippen LogP) is 3.13. The number of hydrogen-bond donors (Lipinski definition) is 1. The van der Waals surface area contributed by atoms with Crippen LogP contribution in [0.1, 0.15) is 13.3 Å². The molecule has 0 amide bonds. The van der Waals surface area contributed by atoms with Crippen molar-refractivity contribution in [1.29, 1.82) is 0 Å². The monoisotopic (exact) mass is 449 g/mol. The van der Waals surface area contributed by atoms with Crippen molar-refractivity contribution in [1.82, 2.24) is 29.6 Å². The topological polar surface area (TPSA) is 118 Å². The van der Waals surface area contributed by atoms with E-state index in [4.69, 9.17) is 0 Å². The highest BCUT2D eigenvalue weighted by molar-refractivity contribution is 7.88. The van der Waals surface area contributed by atoms with E-state index in [1.807, 2.05) is 31.2 Å². The predicted molar refractivity (Wildman–Crippen MR) is 124 cm³/mol. The number of anilines is 2. The first kappa shape index (κ1) is 21.5. The van der Waals surface area contributed by atoms with Crippen LogP contribution in [0.25, 0.3) is 16.7 Å². The SMILES string of the molecule is [CH2]C(CC)=Nc1ccc(-n2ncc3cnc(N(NS(C)(=O)=O)c4cccnc4)nc32)cc1. The molecule has 3 aromatic heterocycles. The highest BCUT2D eigenvalue weighted by Gasteiger charge is 2.19. The fourth-order valence-electron chi connectivity index (χ4n) is 2.90. The van der Waals surface area contributed by atoms with Crippen LogP contribution in [0.3, 0.4) is 0 Å². The Morgan fingerprint density at radius 3 is 2.62 bits per heavy atom. The number of rotatable bonds is 7. The van der Waals surface area contributed by atoms with Crippen LogP contribution in [-0.4, -0.2) is 45.1 Å². The second-order valence-corrected chi connectivity index (χ2v) is 8.69. The van der Waals surface area contributed by atoms with E-state index in [1.54, 1.807) is 35.4 Å². The Balaban J connectivity index is 1.76. The van der Waals surface area contributed by atoms with E-state index >= 15 is 0 Å². The van der Waals surface area contributed by atoms with Crippen LogP contribution in [0.4, 0.5) is 17.3 Å². The van der Waals surface area contributed by atoms with Crippen LogP contribution in [0.2, 0.25) is 0 Å². The summed E-state index contributed by atoms with van der Waals surface area (Å²) in [6.45, 7) is 5.90. The third-order valence-electron chi connectivity index (χ3n) is 4.45. The fourth-order valence-corrected chi connectivity index (χ4v) is 3.41. The maximum atomic E-state index is 12.0. The first-order valence-corrected chi connectivity index (χ1v) is 11.6. The Morgan fingerprint density at radius 1 is 1.19 bits per heavy atom. The first-order valence-electron chi connectivity index (χ1n) is 9.72. The lowest BCUT2D eigenvalue weighted by atomic mass is 10.2. The summed E-state index contributed by atoms with van der Waals surface area (Å²) in [7, 11) is -3.61. The maximum Gasteiger partial charge on any atom is 0.247 e. The van der Waals surface area contributed by atoms with Gasteiger partial charge in [-0.25, -0.2) is 23.1 Å². The average molecular weight is 450 g/mol. The summed E-state index contributed by atoms with van der Waals surface area (Å²) in [6.07, 6.45) is 8.17. The van der Waals surface area contributed by atoms with Gasteiger partial charge in [0.15, 0.2) is 5.65 Å². The van der Waals surface area contributed by atoms with Crippen LogP contribution in [0.15, 0.2) is 66.2 Å². The van der Waals surface area contributed by atoms with E-state index in [2.05, 4.69) is 36.8 Å². The van der Waals surface area contributed by atoms with Crippen LogP contribution in [-0.2, 0) is 10.0 Å². The zero-order chi connectivity index (χ0) is 22.7. The van der Waals surface area contributed by atoms with Crippen LogP contribution >= 0.6 is 0 Å². The van der Waals surface area contributed by atoms with Gasteiger partial charge in [-0.2, -0.15) is 10.1 Å². The molecule has 1 N–H and O–H groups in total. The molecule has 0 aliphatic rings. The van der Waals surface area contributed by atoms with Crippen molar-refractivity contribution in [3.63, 3.8) is 0 Å². The van der Waals surface area contributed by atoms with E-state index in [-0.39, 0.29) is 5.95 Å². The Bertz CT molecular complexity index is 1370. The second-order valence-electron chi connectivity index (χ2n) is 6.96. The molecule has 0 bridgehead atoms. The van der Waals surface area contributed by atoms with E-state index in [1.165, 1.54) is 11.2 Å². The average Bonchev–Trinajstić information content (AvgIpc) is 3.21. The van der Waals surface area contributed by atoms with E-state index in [0.29, 0.717) is 16.7 Å². The van der Waals surface area contributed by atoms with Gasteiger partial charge in [-0.3, -0.25) is 9.98 Å². The molecule has 4 rings (SSSR count). The third kappa shape index (κ3) is 4.79. The molecule has 11 heteroatoms. The molecular weight excluding hydrogens is 428 g/mol. The van der Waals surface area contributed by atoms with Crippen LogP contribution in [0, 0.1) is 6.92 Å². The smallest absolute Gasteiger partial charge is 0.247 e. The lowest BCUT2D eigenvalue weighted by Gasteiger charge is -2.21. The summed E-state index contributed by atoms with van der Waals surface area (Å²) in [5.41, 5.74) is 3.35. The van der Waals surface area contributed by atoms with Crippen molar-refractivity contribution >= 4 is 44.1 Å². The van der Waals surface area contributed by atoms with E-state index in [0.717, 1.165) is 29.8 Å². The standard InChI is InChI=1S/C21H21N8O2S/c1-4-15(2)25-17-7-9-18(10-8-17)28-20-16(13-24-28)12-23-21(26-20)29(27-32(3,30)31)19-6-5-11-22-14-19/h5-14,27H,2,4H2,1,3H3. The molecule has 1 radical (unpaired) electrons. The number of aromatic nitrogens is 5. The van der Waals surface area contributed by atoms with Gasteiger partial charge >= 0.3 is 0 Å². The number of hydrogen-bond acceptors (Lipinski definition) is 8. The Labute approximate surface area is 185 Å². The highest BCUT2D eigenvalue weighted by Crippen LogP contribution is 2.24. The molecule has 0 spiro atoms. The van der Waals surface area contributed by atoms with Crippen molar-refractivity contribution in [3.8, 4) is 5.69 Å².